The van der Waals surface area contributed by atoms with Crippen molar-refractivity contribution in [3.8, 4) is 0 Å². The van der Waals surface area contributed by atoms with Gasteiger partial charge in [0.2, 0.25) is 5.62 Å². The maximum atomic E-state index is 4.37. The molecule has 0 saturated heterocycles. The van der Waals surface area contributed by atoms with E-state index < -0.39 is 0 Å². The van der Waals surface area contributed by atoms with Gasteiger partial charge in [-0.3, -0.25) is 0 Å². The van der Waals surface area contributed by atoms with Gasteiger partial charge in [-0.05, 0) is 44.5 Å². The second-order valence-corrected chi connectivity index (χ2v) is 6.31. The summed E-state index contributed by atoms with van der Waals surface area (Å²) in [5, 5.41) is 12.6. The lowest BCUT2D eigenvalue weighted by Gasteiger charge is -2.20. The molecule has 0 aliphatic rings. The zero-order chi connectivity index (χ0) is 16.0. The van der Waals surface area contributed by atoms with E-state index in [1.807, 2.05) is 30.3 Å². The van der Waals surface area contributed by atoms with Gasteiger partial charge in [0, 0.05) is 24.5 Å². The highest BCUT2D eigenvalue weighted by Crippen LogP contribution is 2.12. The fourth-order valence-electron chi connectivity index (χ4n) is 2.16. The maximum Gasteiger partial charge on any atom is 0.232 e. The molecule has 0 spiro atoms. The highest BCUT2D eigenvalue weighted by Gasteiger charge is 2.15. The van der Waals surface area contributed by atoms with Crippen molar-refractivity contribution in [2.75, 3.05) is 0 Å². The van der Waals surface area contributed by atoms with Crippen LogP contribution in [0, 0.1) is 0 Å². The van der Waals surface area contributed by atoms with Crippen molar-refractivity contribution < 1.29 is 0 Å². The molecule has 5 heteroatoms. The number of hydrogen-bond donors (Lipinski definition) is 0. The molecule has 0 unspecified atom stereocenters. The molecule has 0 radical (unpaired) electrons. The Morgan fingerprint density at radius 1 is 1.05 bits per heavy atom. The second kappa shape index (κ2) is 7.20. The fourth-order valence-corrected chi connectivity index (χ4v) is 2.16. The first-order valence-electron chi connectivity index (χ1n) is 7.80. The van der Waals surface area contributed by atoms with E-state index in [9.17, 15) is 0 Å². The van der Waals surface area contributed by atoms with Crippen molar-refractivity contribution in [2.45, 2.75) is 52.6 Å². The molecule has 0 fully saturated rings. The third-order valence-electron chi connectivity index (χ3n) is 3.39. The lowest BCUT2D eigenvalue weighted by atomic mass is 10.1. The zero-order valence-corrected chi connectivity index (χ0v) is 13.9. The van der Waals surface area contributed by atoms with Crippen molar-refractivity contribution in [1.82, 2.24) is 9.13 Å². The SMILES string of the molecule is CCCCn1ccn(C(C)(C)C)/c1=N\N=Nc1ccccc1. The van der Waals surface area contributed by atoms with Crippen LogP contribution in [0.1, 0.15) is 40.5 Å². The van der Waals surface area contributed by atoms with Gasteiger partial charge < -0.3 is 9.13 Å². The summed E-state index contributed by atoms with van der Waals surface area (Å²) < 4.78 is 4.27. The standard InChI is InChI=1S/C17H25N5/c1-5-6-12-21-13-14-22(17(2,3)4)16(21)19-20-18-15-10-8-7-9-11-15/h7-11,13-14H,5-6,12H2,1-4H3/b19-16-,20-18?. The summed E-state index contributed by atoms with van der Waals surface area (Å²) >= 11 is 0. The normalized spacial score (nSPS) is 13.2. The van der Waals surface area contributed by atoms with Gasteiger partial charge in [-0.25, -0.2) is 0 Å². The van der Waals surface area contributed by atoms with E-state index in [-0.39, 0.29) is 5.54 Å². The van der Waals surface area contributed by atoms with E-state index in [1.54, 1.807) is 0 Å². The van der Waals surface area contributed by atoms with E-state index in [1.165, 1.54) is 0 Å². The molecule has 0 bridgehead atoms. The molecule has 0 amide bonds. The third-order valence-corrected chi connectivity index (χ3v) is 3.39. The number of rotatable bonds is 5. The number of unbranched alkanes of at least 4 members (excludes halogenated alkanes) is 1. The van der Waals surface area contributed by atoms with E-state index in [0.717, 1.165) is 30.7 Å². The first-order chi connectivity index (χ1) is 10.5. The highest BCUT2D eigenvalue weighted by molar-refractivity contribution is 5.34. The minimum Gasteiger partial charge on any atom is -0.316 e. The van der Waals surface area contributed by atoms with Crippen LogP contribution in [0.3, 0.4) is 0 Å². The summed E-state index contributed by atoms with van der Waals surface area (Å²) in [6.07, 6.45) is 6.40. The summed E-state index contributed by atoms with van der Waals surface area (Å²) in [5.74, 6) is 0. The lowest BCUT2D eigenvalue weighted by molar-refractivity contribution is 0.371. The number of aromatic nitrogens is 2. The quantitative estimate of drug-likeness (QED) is 0.578. The second-order valence-electron chi connectivity index (χ2n) is 6.31. The van der Waals surface area contributed by atoms with Crippen molar-refractivity contribution in [2.24, 2.45) is 15.4 Å². The molecule has 0 aliphatic heterocycles. The molecule has 1 aromatic carbocycles. The number of imidazole rings is 1. The van der Waals surface area contributed by atoms with Crippen LogP contribution in [0.2, 0.25) is 0 Å². The van der Waals surface area contributed by atoms with Crippen LogP contribution in [0.25, 0.3) is 0 Å². The summed E-state index contributed by atoms with van der Waals surface area (Å²) in [6.45, 7) is 9.60. The summed E-state index contributed by atoms with van der Waals surface area (Å²) in [7, 11) is 0. The van der Waals surface area contributed by atoms with Crippen LogP contribution in [0.4, 0.5) is 5.69 Å². The first-order valence-corrected chi connectivity index (χ1v) is 7.80. The van der Waals surface area contributed by atoms with Crippen LogP contribution in [-0.2, 0) is 12.1 Å². The van der Waals surface area contributed by atoms with Gasteiger partial charge in [0.05, 0.1) is 5.69 Å². The van der Waals surface area contributed by atoms with Gasteiger partial charge >= 0.3 is 0 Å². The molecule has 0 atom stereocenters. The lowest BCUT2D eigenvalue weighted by Crippen LogP contribution is -2.35. The van der Waals surface area contributed by atoms with Crippen molar-refractivity contribution in [3.63, 3.8) is 0 Å². The van der Waals surface area contributed by atoms with Crippen molar-refractivity contribution >= 4 is 5.69 Å². The molecule has 2 rings (SSSR count). The molecule has 0 N–H and O–H groups in total. The molecule has 1 heterocycles. The number of hydrogen-bond acceptors (Lipinski definition) is 2. The van der Waals surface area contributed by atoms with E-state index in [0.29, 0.717) is 0 Å². The number of nitrogens with zero attached hydrogens (tertiary/aromatic N) is 5. The topological polar surface area (TPSA) is 46.9 Å². The summed E-state index contributed by atoms with van der Waals surface area (Å²) in [4.78, 5) is 0. The van der Waals surface area contributed by atoms with E-state index in [2.05, 4.69) is 64.7 Å². The van der Waals surface area contributed by atoms with E-state index in [4.69, 9.17) is 0 Å². The summed E-state index contributed by atoms with van der Waals surface area (Å²) in [6, 6.07) is 9.65. The van der Waals surface area contributed by atoms with Crippen molar-refractivity contribution in [1.29, 1.82) is 0 Å². The van der Waals surface area contributed by atoms with Crippen LogP contribution < -0.4 is 5.62 Å². The minimum atomic E-state index is -0.0431. The number of aryl methyl sites for hydroxylation is 1. The molecule has 118 valence electrons. The molecular formula is C17H25N5. The smallest absolute Gasteiger partial charge is 0.232 e. The van der Waals surface area contributed by atoms with Crippen LogP contribution >= 0.6 is 0 Å². The predicted octanol–water partition coefficient (Wildman–Crippen LogP) is 4.44. The Labute approximate surface area is 132 Å². The Hall–Kier alpha value is -2.17. The predicted molar refractivity (Wildman–Crippen MR) is 88.8 cm³/mol. The highest BCUT2D eigenvalue weighted by atomic mass is 15.4. The maximum absolute atomic E-state index is 4.37. The van der Waals surface area contributed by atoms with Gasteiger partial charge in [0.1, 0.15) is 0 Å². The minimum absolute atomic E-state index is 0.0431. The van der Waals surface area contributed by atoms with Gasteiger partial charge in [-0.1, -0.05) is 36.6 Å². The molecule has 22 heavy (non-hydrogen) atoms. The van der Waals surface area contributed by atoms with Gasteiger partial charge in [-0.2, -0.15) is 0 Å². The summed E-state index contributed by atoms with van der Waals surface area (Å²) in [5.41, 5.74) is 1.60. The first kappa shape index (κ1) is 16.2. The molecule has 0 saturated carbocycles. The van der Waals surface area contributed by atoms with Crippen molar-refractivity contribution in [3.05, 3.63) is 48.3 Å². The zero-order valence-electron chi connectivity index (χ0n) is 13.9. The molecule has 5 nitrogen and oxygen atoms in total. The molecule has 2 aromatic rings. The van der Waals surface area contributed by atoms with Gasteiger partial charge in [0.15, 0.2) is 0 Å². The third kappa shape index (κ3) is 4.16. The van der Waals surface area contributed by atoms with E-state index >= 15 is 0 Å². The van der Waals surface area contributed by atoms with Crippen LogP contribution in [0.5, 0.6) is 0 Å². The average molecular weight is 299 g/mol. The molecule has 0 aliphatic carbocycles. The fraction of sp³-hybridized carbons (Fsp3) is 0.471. The van der Waals surface area contributed by atoms with Crippen LogP contribution in [0.15, 0.2) is 58.2 Å². The average Bonchev–Trinajstić information content (AvgIpc) is 2.89. The Balaban J connectivity index is 2.35. The molecular weight excluding hydrogens is 274 g/mol. The van der Waals surface area contributed by atoms with Gasteiger partial charge in [-0.15, -0.1) is 5.11 Å². The largest absolute Gasteiger partial charge is 0.316 e. The Morgan fingerprint density at radius 2 is 1.77 bits per heavy atom. The Bertz CT molecular complexity index is 671. The number of benzene rings is 1. The Kier molecular flexibility index (Phi) is 5.31. The Morgan fingerprint density at radius 3 is 2.41 bits per heavy atom. The molecule has 1 aromatic heterocycles. The van der Waals surface area contributed by atoms with Gasteiger partial charge in [0.25, 0.3) is 0 Å². The van der Waals surface area contributed by atoms with Crippen LogP contribution in [-0.4, -0.2) is 9.13 Å². The monoisotopic (exact) mass is 299 g/mol.